The summed E-state index contributed by atoms with van der Waals surface area (Å²) in [6.07, 6.45) is 13.5. The highest BCUT2D eigenvalue weighted by Gasteiger charge is 2.53. The molecule has 15 atom stereocenters. The summed E-state index contributed by atoms with van der Waals surface area (Å²) in [6.45, 7) is 14.2. The van der Waals surface area contributed by atoms with Crippen molar-refractivity contribution in [3.05, 3.63) is 47.6 Å². The Bertz CT molecular complexity index is 1890. The van der Waals surface area contributed by atoms with Gasteiger partial charge >= 0.3 is 5.97 Å². The molecular formula is C56H88INO14. The minimum absolute atomic E-state index is 0.00824. The Morgan fingerprint density at radius 1 is 0.847 bits per heavy atom. The first kappa shape index (κ1) is 61.9. The second kappa shape index (κ2) is 30.8. The zero-order chi connectivity index (χ0) is 53.1. The molecule has 15 nitrogen and oxygen atoms in total. The fraction of sp³-hybridized carbons (Fsp3) is 0.768. The van der Waals surface area contributed by atoms with Crippen LogP contribution in [0.2, 0.25) is 0 Å². The maximum absolute atomic E-state index is 14.6. The van der Waals surface area contributed by atoms with Crippen molar-refractivity contribution >= 4 is 51.8 Å². The van der Waals surface area contributed by atoms with Crippen molar-refractivity contribution < 1.29 is 67.3 Å². The Balaban J connectivity index is 1.71. The van der Waals surface area contributed by atoms with Crippen molar-refractivity contribution in [2.75, 3.05) is 52.1 Å². The number of hydrogen-bond acceptors (Lipinski definition) is 14. The molecule has 3 fully saturated rings. The number of aliphatic hydroxyl groups excluding tert-OH is 1. The molecule has 2 unspecified atom stereocenters. The minimum atomic E-state index is -2.45. The number of fused-ring (bicyclic) bond motifs is 3. The highest BCUT2D eigenvalue weighted by Crippen LogP contribution is 2.38. The number of aliphatic hydroxyl groups is 2. The number of ether oxygens (including phenoxy) is 7. The van der Waals surface area contributed by atoms with Gasteiger partial charge in [0.05, 0.1) is 37.6 Å². The van der Waals surface area contributed by atoms with Crippen molar-refractivity contribution in [1.82, 2.24) is 4.90 Å². The lowest BCUT2D eigenvalue weighted by Gasteiger charge is -2.43. The number of allylic oxidation sites excluding steroid dienone is 6. The second-order valence-corrected chi connectivity index (χ2v) is 22.2. The third kappa shape index (κ3) is 17.7. The van der Waals surface area contributed by atoms with Gasteiger partial charge in [-0.05, 0) is 113 Å². The van der Waals surface area contributed by atoms with Gasteiger partial charge in [0.25, 0.3) is 11.7 Å². The number of amides is 1. The average Bonchev–Trinajstić information content (AvgIpc) is 3.36. The van der Waals surface area contributed by atoms with Gasteiger partial charge in [0, 0.05) is 69.5 Å². The Hall–Kier alpha value is -2.68. The molecule has 72 heavy (non-hydrogen) atoms. The van der Waals surface area contributed by atoms with Crippen LogP contribution in [0, 0.1) is 35.5 Å². The molecule has 408 valence electrons. The number of ketones is 3. The van der Waals surface area contributed by atoms with Crippen LogP contribution in [0.25, 0.3) is 0 Å². The molecule has 2 N–H and O–H groups in total. The first-order valence-electron chi connectivity index (χ1n) is 26.5. The molecule has 2 saturated heterocycles. The molecule has 3 heterocycles. The number of methoxy groups -OCH3 is 3. The SMILES string of the molecule is COCCO[C@H]1C[C@@H]2CC[C@@H](C)[C@@](O)(O2)C(=O)C(=O)N2CCCCC2C(=O)O[C@H](C(C)C[C@@H]2CC[C@@H](OCCCI)[C@H](OC)C2)CC(=O)[C@H](C)/C=C(\C)[C@@H](O)[C@@H](OC)C(=O)[C@H](C)C[C@H](C)/C=C/C=C/C=C/1C. The summed E-state index contributed by atoms with van der Waals surface area (Å²) in [6, 6.07) is -1.14. The van der Waals surface area contributed by atoms with Gasteiger partial charge in [0.2, 0.25) is 5.79 Å². The van der Waals surface area contributed by atoms with E-state index >= 15 is 0 Å². The molecular weight excluding hydrogens is 1040 g/mol. The van der Waals surface area contributed by atoms with Crippen LogP contribution in [0.1, 0.15) is 132 Å². The molecule has 1 amide bonds. The molecule has 0 aromatic rings. The predicted octanol–water partition coefficient (Wildman–Crippen LogP) is 8.05. The highest BCUT2D eigenvalue weighted by molar-refractivity contribution is 14.1. The molecule has 4 rings (SSSR count). The molecule has 0 spiro atoms. The van der Waals surface area contributed by atoms with Gasteiger partial charge in [0.1, 0.15) is 30.1 Å². The summed E-state index contributed by atoms with van der Waals surface area (Å²) in [7, 11) is 4.67. The van der Waals surface area contributed by atoms with Crippen LogP contribution in [0.4, 0.5) is 0 Å². The van der Waals surface area contributed by atoms with Gasteiger partial charge in [0.15, 0.2) is 5.78 Å². The lowest BCUT2D eigenvalue weighted by molar-refractivity contribution is -0.266. The fourth-order valence-corrected chi connectivity index (χ4v) is 11.1. The summed E-state index contributed by atoms with van der Waals surface area (Å²) in [5.74, 6) is -7.85. The number of halogens is 1. The molecule has 1 aliphatic carbocycles. The average molecular weight is 1130 g/mol. The molecule has 0 aromatic carbocycles. The van der Waals surface area contributed by atoms with Gasteiger partial charge in [-0.15, -0.1) is 0 Å². The molecule has 3 aliphatic heterocycles. The maximum atomic E-state index is 14.6. The fourth-order valence-electron chi connectivity index (χ4n) is 10.8. The largest absolute Gasteiger partial charge is 0.460 e. The van der Waals surface area contributed by atoms with E-state index in [0.29, 0.717) is 57.3 Å². The molecule has 0 aromatic heterocycles. The zero-order valence-electron chi connectivity index (χ0n) is 44.9. The molecule has 16 heteroatoms. The summed E-state index contributed by atoms with van der Waals surface area (Å²) in [5, 5.41) is 23.6. The van der Waals surface area contributed by atoms with Crippen molar-refractivity contribution in [2.45, 2.75) is 186 Å². The number of carbonyl (C=O) groups is 5. The van der Waals surface area contributed by atoms with Crippen LogP contribution >= 0.6 is 22.6 Å². The third-order valence-electron chi connectivity index (χ3n) is 15.4. The van der Waals surface area contributed by atoms with Gasteiger partial charge < -0.3 is 48.3 Å². The van der Waals surface area contributed by atoms with E-state index in [1.165, 1.54) is 12.0 Å². The van der Waals surface area contributed by atoms with Crippen LogP contribution in [0.5, 0.6) is 0 Å². The van der Waals surface area contributed by atoms with Crippen LogP contribution < -0.4 is 0 Å². The van der Waals surface area contributed by atoms with Crippen LogP contribution in [0.15, 0.2) is 47.6 Å². The van der Waals surface area contributed by atoms with Crippen molar-refractivity contribution in [2.24, 2.45) is 35.5 Å². The van der Waals surface area contributed by atoms with Crippen LogP contribution in [-0.4, -0.2) is 151 Å². The molecule has 1 saturated carbocycles. The lowest BCUT2D eigenvalue weighted by Crippen LogP contribution is -2.61. The smallest absolute Gasteiger partial charge is 0.329 e. The van der Waals surface area contributed by atoms with Gasteiger partial charge in [-0.2, -0.15) is 0 Å². The van der Waals surface area contributed by atoms with Gasteiger partial charge in [-0.1, -0.05) is 93.7 Å². The number of alkyl halides is 1. The number of piperidine rings is 1. The van der Waals surface area contributed by atoms with E-state index < -0.39 is 77.8 Å². The second-order valence-electron chi connectivity index (χ2n) is 21.1. The van der Waals surface area contributed by atoms with Gasteiger partial charge in [-0.25, -0.2) is 4.79 Å². The van der Waals surface area contributed by atoms with Crippen LogP contribution in [-0.2, 0) is 57.1 Å². The number of nitrogens with zero attached hydrogens (tertiary/aromatic N) is 1. The van der Waals surface area contributed by atoms with Crippen molar-refractivity contribution in [1.29, 1.82) is 0 Å². The maximum Gasteiger partial charge on any atom is 0.329 e. The Morgan fingerprint density at radius 3 is 2.29 bits per heavy atom. The number of esters is 1. The first-order valence-corrected chi connectivity index (χ1v) is 28.1. The first-order chi connectivity index (χ1) is 34.3. The molecule has 4 aliphatic rings. The summed E-state index contributed by atoms with van der Waals surface area (Å²) in [4.78, 5) is 72.7. The molecule has 2 bridgehead atoms. The monoisotopic (exact) mass is 1130 g/mol. The zero-order valence-corrected chi connectivity index (χ0v) is 47.1. The van der Waals surface area contributed by atoms with Crippen molar-refractivity contribution in [3.63, 3.8) is 0 Å². The highest BCUT2D eigenvalue weighted by atomic mass is 127. The summed E-state index contributed by atoms with van der Waals surface area (Å²) >= 11 is 2.34. The van der Waals surface area contributed by atoms with Gasteiger partial charge in [-0.3, -0.25) is 19.2 Å². The van der Waals surface area contributed by atoms with E-state index in [-0.39, 0.29) is 73.9 Å². The van der Waals surface area contributed by atoms with E-state index in [0.717, 1.165) is 35.7 Å². The number of Topliss-reactive ketones (excluding diaryl/α,β-unsaturated/α-hetero) is 3. The van der Waals surface area contributed by atoms with Crippen molar-refractivity contribution in [3.8, 4) is 0 Å². The normalized spacial score (nSPS) is 37.7. The Morgan fingerprint density at radius 2 is 1.60 bits per heavy atom. The standard InChI is InChI=1S/C56H88INO14/c1-35-17-12-11-13-18-36(2)47(70-28-27-66-8)33-43-22-20-41(7)56(65,72-43)53(62)54(63)58-25-15-14-19-44(58)55(64)71-48(38(4)31-42-21-23-46(49(32-42)67-9)69-26-16-24-57)34-45(59)37(3)30-40(6)51(61)52(68-10)50(60)39(5)29-35/h11-13,17-18,30,35,37-39,41-44,46-49,51-52,61,65H,14-16,19-29,31-34H2,1-10H3/b13-11+,17-12+,36-18+,40-30+/t35-,37-,38?,39-,41-,42+,43+,44?,46-,47+,48+,49-,51-,52+,56-/m1/s1. The number of rotatable bonds is 13. The quantitative estimate of drug-likeness (QED) is 0.0449. The topological polar surface area (TPSA) is 194 Å². The summed E-state index contributed by atoms with van der Waals surface area (Å²) in [5.41, 5.74) is 1.26. The van der Waals surface area contributed by atoms with E-state index in [1.807, 2.05) is 58.1 Å². The lowest BCUT2D eigenvalue weighted by atomic mass is 9.78. The van der Waals surface area contributed by atoms with E-state index in [4.69, 9.17) is 33.2 Å². The van der Waals surface area contributed by atoms with Crippen LogP contribution in [0.3, 0.4) is 0 Å². The number of cyclic esters (lactones) is 1. The molecule has 0 radical (unpaired) electrons. The van der Waals surface area contributed by atoms with E-state index in [1.54, 1.807) is 41.1 Å². The predicted molar refractivity (Wildman–Crippen MR) is 283 cm³/mol. The Kier molecular flexibility index (Phi) is 26.4. The van der Waals surface area contributed by atoms with E-state index in [9.17, 15) is 34.2 Å². The number of carbonyl (C=O) groups excluding carboxylic acids is 5. The third-order valence-corrected chi connectivity index (χ3v) is 16.1. The summed E-state index contributed by atoms with van der Waals surface area (Å²) < 4.78 is 42.9. The Labute approximate surface area is 443 Å². The number of hydrogen-bond donors (Lipinski definition) is 2. The minimum Gasteiger partial charge on any atom is -0.460 e. The van der Waals surface area contributed by atoms with E-state index in [2.05, 4.69) is 22.6 Å².